The van der Waals surface area contributed by atoms with E-state index in [2.05, 4.69) is 10.2 Å². The molecule has 2 aliphatic heterocycles. The molecule has 0 bridgehead atoms. The van der Waals surface area contributed by atoms with Gasteiger partial charge in [0.2, 0.25) is 0 Å². The Balaban J connectivity index is 1.42. The molecule has 2 aliphatic carbocycles. The van der Waals surface area contributed by atoms with Gasteiger partial charge in [-0.2, -0.15) is 0 Å². The van der Waals surface area contributed by atoms with Crippen molar-refractivity contribution in [2.75, 3.05) is 20.1 Å². The number of β-amino-alcohol motifs (C(OH)–C–C–N with tert-alkyl or cyclic N) is 1. The zero-order chi connectivity index (χ0) is 20.4. The third-order valence-corrected chi connectivity index (χ3v) is 8.21. The number of carbonyl (C=O) groups is 1. The predicted molar refractivity (Wildman–Crippen MR) is 115 cm³/mol. The van der Waals surface area contributed by atoms with Crippen molar-refractivity contribution in [3.63, 3.8) is 0 Å². The Morgan fingerprint density at radius 3 is 2.52 bits per heavy atom. The number of carbonyl (C=O) groups excluding carboxylic acids is 1. The molecule has 3 N–H and O–H groups in total. The maximum atomic E-state index is 13.2. The third kappa shape index (κ3) is 4.63. The second kappa shape index (κ2) is 8.93. The van der Waals surface area contributed by atoms with Crippen LogP contribution in [0, 0.1) is 17.2 Å². The van der Waals surface area contributed by atoms with Crippen LogP contribution in [0.3, 0.4) is 0 Å². The van der Waals surface area contributed by atoms with Gasteiger partial charge >= 0.3 is 0 Å². The van der Waals surface area contributed by atoms with Crippen molar-refractivity contribution >= 4 is 11.9 Å². The molecule has 2 saturated heterocycles. The summed E-state index contributed by atoms with van der Waals surface area (Å²) in [5, 5.41) is 21.5. The molecule has 0 aromatic carbocycles. The summed E-state index contributed by atoms with van der Waals surface area (Å²) >= 11 is 0. The van der Waals surface area contributed by atoms with Gasteiger partial charge in [0.15, 0.2) is 5.96 Å². The van der Waals surface area contributed by atoms with E-state index in [0.717, 1.165) is 51.1 Å². The number of rotatable bonds is 6. The highest BCUT2D eigenvalue weighted by atomic mass is 16.3. The fraction of sp³-hybridized carbons (Fsp3) is 0.913. The van der Waals surface area contributed by atoms with Crippen molar-refractivity contribution < 1.29 is 9.90 Å². The van der Waals surface area contributed by atoms with E-state index in [9.17, 15) is 9.90 Å². The highest BCUT2D eigenvalue weighted by Gasteiger charge is 2.49. The van der Waals surface area contributed by atoms with Crippen molar-refractivity contribution in [2.45, 2.75) is 101 Å². The predicted octanol–water partition coefficient (Wildman–Crippen LogP) is 3.10. The Hall–Kier alpha value is -1.14. The van der Waals surface area contributed by atoms with Gasteiger partial charge in [0.25, 0.3) is 5.91 Å². The summed E-state index contributed by atoms with van der Waals surface area (Å²) < 4.78 is 0. The van der Waals surface area contributed by atoms with Gasteiger partial charge in [-0.15, -0.1) is 0 Å². The van der Waals surface area contributed by atoms with Crippen LogP contribution in [0.4, 0.5) is 0 Å². The molecule has 4 rings (SSSR count). The lowest BCUT2D eigenvalue weighted by Gasteiger charge is -2.39. The Bertz CT molecular complexity index is 606. The highest BCUT2D eigenvalue weighted by molar-refractivity contribution is 6.07. The van der Waals surface area contributed by atoms with E-state index in [-0.39, 0.29) is 18.0 Å². The van der Waals surface area contributed by atoms with Gasteiger partial charge in [0.05, 0.1) is 6.10 Å². The summed E-state index contributed by atoms with van der Waals surface area (Å²) in [6.45, 7) is 1.82. The van der Waals surface area contributed by atoms with Crippen LogP contribution in [-0.4, -0.2) is 64.6 Å². The molecule has 0 spiro atoms. The van der Waals surface area contributed by atoms with Gasteiger partial charge in [0, 0.05) is 26.2 Å². The quantitative estimate of drug-likeness (QED) is 0.636. The normalized spacial score (nSPS) is 37.3. The summed E-state index contributed by atoms with van der Waals surface area (Å²) in [6, 6.07) is 0.551. The molecule has 0 aromatic rings. The summed E-state index contributed by atoms with van der Waals surface area (Å²) in [5.41, 5.74) is -0.569. The lowest BCUT2D eigenvalue weighted by molar-refractivity contribution is -0.131. The molecule has 29 heavy (non-hydrogen) atoms. The van der Waals surface area contributed by atoms with Crippen molar-refractivity contribution in [1.82, 2.24) is 15.1 Å². The summed E-state index contributed by atoms with van der Waals surface area (Å²) in [6.07, 6.45) is 15.0. The number of nitrogens with one attached hydrogen (secondary N) is 2. The molecule has 164 valence electrons. The van der Waals surface area contributed by atoms with Crippen LogP contribution in [0.2, 0.25) is 0 Å². The monoisotopic (exact) mass is 404 g/mol. The van der Waals surface area contributed by atoms with Crippen LogP contribution in [0.15, 0.2) is 0 Å². The zero-order valence-electron chi connectivity index (χ0n) is 18.2. The number of nitrogens with zero attached hydrogens (tertiary/aromatic N) is 2. The summed E-state index contributed by atoms with van der Waals surface area (Å²) in [7, 11) is 1.75. The van der Waals surface area contributed by atoms with Crippen LogP contribution in [0.5, 0.6) is 0 Å². The molecule has 6 nitrogen and oxygen atoms in total. The average Bonchev–Trinajstić information content (AvgIpc) is 3.25. The van der Waals surface area contributed by atoms with Gasteiger partial charge in [-0.3, -0.25) is 20.0 Å². The maximum absolute atomic E-state index is 13.2. The Labute approximate surface area is 175 Å². The van der Waals surface area contributed by atoms with Crippen molar-refractivity contribution in [3.8, 4) is 0 Å². The zero-order valence-corrected chi connectivity index (χ0v) is 18.2. The first-order valence-corrected chi connectivity index (χ1v) is 12.0. The van der Waals surface area contributed by atoms with E-state index in [1.807, 2.05) is 0 Å². The van der Waals surface area contributed by atoms with Crippen LogP contribution in [0.1, 0.15) is 83.5 Å². The topological polar surface area (TPSA) is 79.7 Å². The number of likely N-dealkylation sites (N-methyl/N-ethyl adjacent to an activating group) is 1. The minimum Gasteiger partial charge on any atom is -0.392 e. The van der Waals surface area contributed by atoms with Crippen molar-refractivity contribution in [3.05, 3.63) is 0 Å². The highest BCUT2D eigenvalue weighted by Crippen LogP contribution is 2.39. The molecule has 4 fully saturated rings. The van der Waals surface area contributed by atoms with E-state index in [1.165, 1.54) is 56.3 Å². The van der Waals surface area contributed by atoms with E-state index in [4.69, 9.17) is 5.41 Å². The van der Waals surface area contributed by atoms with Gasteiger partial charge in [-0.25, -0.2) is 0 Å². The second-order valence-electron chi connectivity index (χ2n) is 10.3. The fourth-order valence-electron chi connectivity index (χ4n) is 6.49. The Morgan fingerprint density at radius 2 is 1.86 bits per heavy atom. The Kier molecular flexibility index (Phi) is 6.50. The largest absolute Gasteiger partial charge is 0.392 e. The van der Waals surface area contributed by atoms with Crippen LogP contribution in [-0.2, 0) is 4.79 Å². The number of guanidine groups is 1. The van der Waals surface area contributed by atoms with Gasteiger partial charge in [0.1, 0.15) is 5.54 Å². The maximum Gasteiger partial charge on any atom is 0.254 e. The number of likely N-dealkylation sites (tertiary alicyclic amines) is 1. The number of aliphatic hydroxyl groups excluding tert-OH is 1. The lowest BCUT2D eigenvalue weighted by atomic mass is 9.74. The Morgan fingerprint density at radius 1 is 1.10 bits per heavy atom. The molecule has 0 aromatic heterocycles. The van der Waals surface area contributed by atoms with E-state index >= 15 is 0 Å². The minimum absolute atomic E-state index is 0.108. The molecule has 2 unspecified atom stereocenters. The summed E-state index contributed by atoms with van der Waals surface area (Å²) in [4.78, 5) is 17.2. The standard InChI is InChI=1S/C23H40N4O2/c1-26-21(29)23(25-22(26)24,12-10-17-6-3-2-4-7-17)15-18-8-5-9-19(14-18)27-13-11-20(28)16-27/h17-20,28H,2-16H2,1H3,(H2,24,25)/t18?,19-,20?,23+/m0/s1. The molecule has 0 radical (unpaired) electrons. The van der Waals surface area contributed by atoms with E-state index < -0.39 is 5.54 Å². The van der Waals surface area contributed by atoms with Crippen LogP contribution in [0.25, 0.3) is 0 Å². The number of hydrogen-bond acceptors (Lipinski definition) is 4. The number of hydrogen-bond donors (Lipinski definition) is 3. The van der Waals surface area contributed by atoms with E-state index in [1.54, 1.807) is 7.05 Å². The SMILES string of the molecule is CN1C(=N)N[C@](CCC2CCCCC2)(CC2CCC[C@H](N3CCC(O)C3)C2)C1=O. The first-order chi connectivity index (χ1) is 14.0. The molecule has 4 aliphatic rings. The lowest BCUT2D eigenvalue weighted by Crippen LogP contribution is -2.50. The van der Waals surface area contributed by atoms with Gasteiger partial charge in [-0.1, -0.05) is 44.9 Å². The van der Waals surface area contributed by atoms with Gasteiger partial charge in [-0.05, 0) is 50.4 Å². The smallest absolute Gasteiger partial charge is 0.254 e. The minimum atomic E-state index is -0.569. The van der Waals surface area contributed by atoms with Crippen molar-refractivity contribution in [1.29, 1.82) is 5.41 Å². The molecule has 2 saturated carbocycles. The molecular weight excluding hydrogens is 364 g/mol. The number of aliphatic hydroxyl groups is 1. The first-order valence-electron chi connectivity index (χ1n) is 12.0. The average molecular weight is 405 g/mol. The van der Waals surface area contributed by atoms with Crippen molar-refractivity contribution in [2.24, 2.45) is 11.8 Å². The van der Waals surface area contributed by atoms with Crippen LogP contribution >= 0.6 is 0 Å². The summed E-state index contributed by atoms with van der Waals surface area (Å²) in [5.74, 6) is 1.65. The molecule has 6 heteroatoms. The second-order valence-corrected chi connectivity index (χ2v) is 10.3. The first kappa shape index (κ1) is 21.1. The van der Waals surface area contributed by atoms with Crippen LogP contribution < -0.4 is 5.32 Å². The molecule has 4 atom stereocenters. The third-order valence-electron chi connectivity index (χ3n) is 8.21. The fourth-order valence-corrected chi connectivity index (χ4v) is 6.49. The van der Waals surface area contributed by atoms with E-state index in [0.29, 0.717) is 12.0 Å². The number of amides is 1. The molecular formula is C23H40N4O2. The molecule has 2 heterocycles. The van der Waals surface area contributed by atoms with Gasteiger partial charge < -0.3 is 10.4 Å². The molecule has 1 amide bonds.